The number of hydrogen-bond acceptors (Lipinski definition) is 3. The molecule has 0 aliphatic rings. The van der Waals surface area contributed by atoms with Crippen molar-refractivity contribution in [3.8, 4) is 5.75 Å². The van der Waals surface area contributed by atoms with Crippen LogP contribution in [0.15, 0.2) is 46.9 Å². The molecule has 3 nitrogen and oxygen atoms in total. The maximum Gasteiger partial charge on any atom is 0.119 e. The lowest BCUT2D eigenvalue weighted by molar-refractivity contribution is 0.106. The minimum absolute atomic E-state index is 0.571. The normalized spacial score (nSPS) is 10.6. The summed E-state index contributed by atoms with van der Waals surface area (Å²) in [5.41, 5.74) is 3.51. The Kier molecular flexibility index (Phi) is 6.23. The van der Waals surface area contributed by atoms with Crippen LogP contribution in [0.25, 0.3) is 0 Å². The first-order valence-electron chi connectivity index (χ1n) is 6.85. The van der Waals surface area contributed by atoms with E-state index in [4.69, 9.17) is 9.47 Å². The third kappa shape index (κ3) is 4.84. The van der Waals surface area contributed by atoms with Gasteiger partial charge in [-0.2, -0.15) is 0 Å². The third-order valence-electron chi connectivity index (χ3n) is 3.16. The number of rotatable bonds is 7. The van der Waals surface area contributed by atoms with Crippen molar-refractivity contribution in [1.82, 2.24) is 5.32 Å². The molecule has 0 heterocycles. The minimum atomic E-state index is 0.571. The minimum Gasteiger partial charge on any atom is -0.497 e. The van der Waals surface area contributed by atoms with Crippen molar-refractivity contribution < 1.29 is 9.47 Å². The smallest absolute Gasteiger partial charge is 0.119 e. The molecule has 112 valence electrons. The van der Waals surface area contributed by atoms with Gasteiger partial charge in [0.1, 0.15) is 5.75 Å². The van der Waals surface area contributed by atoms with Crippen LogP contribution in [0.2, 0.25) is 0 Å². The molecular formula is C17H20BrNO2. The summed E-state index contributed by atoms with van der Waals surface area (Å²) in [5.74, 6) is 0.855. The topological polar surface area (TPSA) is 30.5 Å². The molecule has 0 saturated carbocycles. The van der Waals surface area contributed by atoms with Gasteiger partial charge in [-0.3, -0.25) is 0 Å². The average Bonchev–Trinajstić information content (AvgIpc) is 2.50. The largest absolute Gasteiger partial charge is 0.497 e. The van der Waals surface area contributed by atoms with Gasteiger partial charge in [-0.05, 0) is 41.9 Å². The number of hydrogen-bond donors (Lipinski definition) is 1. The molecule has 0 aliphatic heterocycles. The number of benzene rings is 2. The van der Waals surface area contributed by atoms with Crippen LogP contribution in [0.5, 0.6) is 5.75 Å². The van der Waals surface area contributed by atoms with E-state index in [1.807, 2.05) is 31.3 Å². The second kappa shape index (κ2) is 8.17. The molecule has 21 heavy (non-hydrogen) atoms. The first-order chi connectivity index (χ1) is 10.2. The van der Waals surface area contributed by atoms with E-state index in [2.05, 4.69) is 39.4 Å². The van der Waals surface area contributed by atoms with Crippen LogP contribution < -0.4 is 10.1 Å². The Bertz CT molecular complexity index is 587. The zero-order valence-electron chi connectivity index (χ0n) is 12.4. The van der Waals surface area contributed by atoms with E-state index >= 15 is 0 Å². The molecule has 2 aromatic rings. The molecule has 0 atom stereocenters. The van der Waals surface area contributed by atoms with Gasteiger partial charge < -0.3 is 14.8 Å². The van der Waals surface area contributed by atoms with Crippen molar-refractivity contribution in [2.45, 2.75) is 19.8 Å². The number of halogens is 1. The Hall–Kier alpha value is -1.36. The molecule has 0 radical (unpaired) electrons. The monoisotopic (exact) mass is 349 g/mol. The molecule has 4 heteroatoms. The molecular weight excluding hydrogens is 330 g/mol. The molecule has 1 N–H and O–H groups in total. The van der Waals surface area contributed by atoms with Crippen molar-refractivity contribution >= 4 is 15.9 Å². The average molecular weight is 350 g/mol. The molecule has 0 saturated heterocycles. The molecule has 0 unspecified atom stereocenters. The first-order valence-corrected chi connectivity index (χ1v) is 7.65. The maximum atomic E-state index is 5.78. The molecule has 2 aromatic carbocycles. The standard InChI is InChI=1S/C17H20BrNO2/c1-19-10-13-6-7-15(17(18)9-13)12-21-11-14-4-3-5-16(8-14)20-2/h3-9,19H,10-12H2,1-2H3. The van der Waals surface area contributed by atoms with Crippen LogP contribution in [0, 0.1) is 0 Å². The van der Waals surface area contributed by atoms with E-state index < -0.39 is 0 Å². The second-order valence-electron chi connectivity index (χ2n) is 4.80. The summed E-state index contributed by atoms with van der Waals surface area (Å²) in [6.45, 7) is 2.02. The van der Waals surface area contributed by atoms with E-state index in [0.29, 0.717) is 13.2 Å². The van der Waals surface area contributed by atoms with Crippen molar-refractivity contribution in [1.29, 1.82) is 0 Å². The lowest BCUT2D eigenvalue weighted by atomic mass is 10.1. The Morgan fingerprint density at radius 2 is 1.90 bits per heavy atom. The molecule has 0 bridgehead atoms. The fourth-order valence-electron chi connectivity index (χ4n) is 2.06. The van der Waals surface area contributed by atoms with Crippen molar-refractivity contribution in [2.75, 3.05) is 14.2 Å². The quantitative estimate of drug-likeness (QED) is 0.822. The Balaban J connectivity index is 1.90. The van der Waals surface area contributed by atoms with Gasteiger partial charge >= 0.3 is 0 Å². The van der Waals surface area contributed by atoms with E-state index in [1.54, 1.807) is 7.11 Å². The van der Waals surface area contributed by atoms with Gasteiger partial charge in [-0.25, -0.2) is 0 Å². The summed E-state index contributed by atoms with van der Waals surface area (Å²) < 4.78 is 12.1. The predicted molar refractivity (Wildman–Crippen MR) is 88.4 cm³/mol. The summed E-state index contributed by atoms with van der Waals surface area (Å²) in [4.78, 5) is 0. The van der Waals surface area contributed by atoms with E-state index in [1.165, 1.54) is 5.56 Å². The van der Waals surface area contributed by atoms with Gasteiger partial charge in [-0.1, -0.05) is 40.2 Å². The van der Waals surface area contributed by atoms with Crippen LogP contribution in [-0.2, 0) is 24.5 Å². The summed E-state index contributed by atoms with van der Waals surface area (Å²) in [5, 5.41) is 3.14. The Morgan fingerprint density at radius 3 is 2.62 bits per heavy atom. The highest BCUT2D eigenvalue weighted by Gasteiger charge is 2.03. The van der Waals surface area contributed by atoms with E-state index in [0.717, 1.165) is 27.9 Å². The molecule has 0 fully saturated rings. The zero-order chi connectivity index (χ0) is 15.1. The van der Waals surface area contributed by atoms with Crippen molar-refractivity contribution in [2.24, 2.45) is 0 Å². The first kappa shape index (κ1) is 16.0. The molecule has 0 amide bonds. The van der Waals surface area contributed by atoms with Gasteiger partial charge in [0.25, 0.3) is 0 Å². The van der Waals surface area contributed by atoms with Crippen LogP contribution >= 0.6 is 15.9 Å². The van der Waals surface area contributed by atoms with Gasteiger partial charge in [0.15, 0.2) is 0 Å². The third-order valence-corrected chi connectivity index (χ3v) is 3.90. The van der Waals surface area contributed by atoms with Crippen LogP contribution in [0.3, 0.4) is 0 Å². The summed E-state index contributed by atoms with van der Waals surface area (Å²) >= 11 is 3.60. The number of nitrogens with one attached hydrogen (secondary N) is 1. The Labute approximate surface area is 134 Å². The van der Waals surface area contributed by atoms with Gasteiger partial charge in [0.05, 0.1) is 20.3 Å². The zero-order valence-corrected chi connectivity index (χ0v) is 13.9. The summed E-state index contributed by atoms with van der Waals surface area (Å²) in [6.07, 6.45) is 0. The maximum absolute atomic E-state index is 5.78. The highest BCUT2D eigenvalue weighted by atomic mass is 79.9. The Morgan fingerprint density at radius 1 is 1.05 bits per heavy atom. The predicted octanol–water partition coefficient (Wildman–Crippen LogP) is 3.89. The van der Waals surface area contributed by atoms with Crippen LogP contribution in [0.1, 0.15) is 16.7 Å². The summed E-state index contributed by atoms with van der Waals surface area (Å²) in [6, 6.07) is 14.3. The summed E-state index contributed by atoms with van der Waals surface area (Å²) in [7, 11) is 3.61. The van der Waals surface area contributed by atoms with E-state index in [9.17, 15) is 0 Å². The van der Waals surface area contributed by atoms with Crippen molar-refractivity contribution in [3.63, 3.8) is 0 Å². The number of methoxy groups -OCH3 is 1. The van der Waals surface area contributed by atoms with Gasteiger partial charge in [-0.15, -0.1) is 0 Å². The SMILES string of the molecule is CNCc1ccc(COCc2cccc(OC)c2)c(Br)c1. The lowest BCUT2D eigenvalue weighted by Crippen LogP contribution is -2.05. The van der Waals surface area contributed by atoms with Gasteiger partial charge in [0.2, 0.25) is 0 Å². The molecule has 0 aliphatic carbocycles. The molecule has 2 rings (SSSR count). The fraction of sp³-hybridized carbons (Fsp3) is 0.294. The highest BCUT2D eigenvalue weighted by Crippen LogP contribution is 2.20. The molecule has 0 aromatic heterocycles. The number of ether oxygens (including phenoxy) is 2. The van der Waals surface area contributed by atoms with Crippen LogP contribution in [0.4, 0.5) is 0 Å². The fourth-order valence-corrected chi connectivity index (χ4v) is 2.60. The van der Waals surface area contributed by atoms with Crippen LogP contribution in [-0.4, -0.2) is 14.2 Å². The molecule has 0 spiro atoms. The van der Waals surface area contributed by atoms with Crippen molar-refractivity contribution in [3.05, 3.63) is 63.6 Å². The highest BCUT2D eigenvalue weighted by molar-refractivity contribution is 9.10. The second-order valence-corrected chi connectivity index (χ2v) is 5.65. The lowest BCUT2D eigenvalue weighted by Gasteiger charge is -2.09. The van der Waals surface area contributed by atoms with E-state index in [-0.39, 0.29) is 0 Å². The van der Waals surface area contributed by atoms with Gasteiger partial charge in [0, 0.05) is 11.0 Å².